The van der Waals surface area contributed by atoms with Gasteiger partial charge in [0, 0.05) is 0 Å². The maximum Gasteiger partial charge on any atom is 0.168 e. The van der Waals surface area contributed by atoms with Crippen molar-refractivity contribution in [3.8, 4) is 0 Å². The Morgan fingerprint density at radius 2 is 1.31 bits per heavy atom. The van der Waals surface area contributed by atoms with Crippen LogP contribution in [0.5, 0.6) is 0 Å². The summed E-state index contributed by atoms with van der Waals surface area (Å²) in [7, 11) is 0. The molecular weight excluding hydrogens is 411 g/mol. The molecule has 2 fully saturated rings. The number of benzene rings is 2. The van der Waals surface area contributed by atoms with Gasteiger partial charge in [-0.2, -0.15) is 0 Å². The second kappa shape index (κ2) is 10.1. The highest BCUT2D eigenvalue weighted by molar-refractivity contribution is 5.15. The average molecular weight is 443 g/mol. The van der Waals surface area contributed by atoms with Crippen LogP contribution in [0.4, 0.5) is 4.39 Å². The van der Waals surface area contributed by atoms with E-state index in [1.807, 2.05) is 81.4 Å². The summed E-state index contributed by atoms with van der Waals surface area (Å²) in [6.07, 6.45) is -1.80. The van der Waals surface area contributed by atoms with E-state index in [-0.39, 0.29) is 6.61 Å². The highest BCUT2D eigenvalue weighted by atomic mass is 19.1. The second-order valence-corrected chi connectivity index (χ2v) is 8.60. The van der Waals surface area contributed by atoms with Crippen molar-refractivity contribution in [2.24, 2.45) is 0 Å². The third-order valence-electron chi connectivity index (χ3n) is 5.71. The molecule has 2 aromatic carbocycles. The maximum absolute atomic E-state index is 15.9. The van der Waals surface area contributed by atoms with Crippen LogP contribution < -0.4 is 0 Å². The molecule has 5 nitrogen and oxygen atoms in total. The quantitative estimate of drug-likeness (QED) is 0.542. The first-order valence-corrected chi connectivity index (χ1v) is 11.1. The van der Waals surface area contributed by atoms with Crippen LogP contribution in [-0.4, -0.2) is 42.5 Å². The second-order valence-electron chi connectivity index (χ2n) is 8.60. The van der Waals surface area contributed by atoms with Crippen molar-refractivity contribution in [2.45, 2.75) is 76.5 Å². The van der Waals surface area contributed by atoms with Crippen molar-refractivity contribution in [3.63, 3.8) is 0 Å². The monoisotopic (exact) mass is 442 g/mol. The summed E-state index contributed by atoms with van der Waals surface area (Å²) in [5.41, 5.74) is 1.95. The molecule has 0 bridgehead atoms. The van der Waals surface area contributed by atoms with E-state index in [9.17, 15) is 0 Å². The fraction of sp³-hybridized carbons (Fsp3) is 0.462. The van der Waals surface area contributed by atoms with Crippen LogP contribution >= 0.6 is 0 Å². The Bertz CT molecular complexity index is 872. The first-order chi connectivity index (χ1) is 15.5. The zero-order chi connectivity index (χ0) is 22.6. The van der Waals surface area contributed by atoms with Gasteiger partial charge in [0.1, 0.15) is 24.4 Å². The van der Waals surface area contributed by atoms with E-state index in [0.717, 1.165) is 11.1 Å². The van der Waals surface area contributed by atoms with Gasteiger partial charge in [-0.05, 0) is 31.9 Å². The number of hydrogen-bond acceptors (Lipinski definition) is 5. The van der Waals surface area contributed by atoms with E-state index in [2.05, 4.69) is 0 Å². The van der Waals surface area contributed by atoms with Gasteiger partial charge >= 0.3 is 0 Å². The summed E-state index contributed by atoms with van der Waals surface area (Å²) in [6, 6.07) is 19.5. The maximum atomic E-state index is 15.9. The number of allylic oxidation sites excluding steroid dienone is 1. The molecule has 0 N–H and O–H groups in total. The van der Waals surface area contributed by atoms with Crippen molar-refractivity contribution in [1.82, 2.24) is 0 Å². The smallest absolute Gasteiger partial charge is 0.168 e. The van der Waals surface area contributed by atoms with Crippen molar-refractivity contribution >= 4 is 0 Å². The van der Waals surface area contributed by atoms with Gasteiger partial charge in [0.2, 0.25) is 0 Å². The van der Waals surface area contributed by atoms with Gasteiger partial charge in [0.15, 0.2) is 18.1 Å². The summed E-state index contributed by atoms with van der Waals surface area (Å²) in [6.45, 7) is 6.05. The van der Waals surface area contributed by atoms with E-state index in [1.54, 1.807) is 6.08 Å². The standard InChI is InChI=1S/C26H31FO5/c1-4-15-28-21-20(27)22(29-16-18-11-7-5-8-12-18)24-25(32-26(2,3)31-24)23(21)30-17-19-13-9-6-10-14-19/h4-15,20-25H,16-17H2,1-3H3/b15-4+/t20-,21+,22-,23-,24+,25+/m0/s1. The molecule has 32 heavy (non-hydrogen) atoms. The third-order valence-corrected chi connectivity index (χ3v) is 5.71. The van der Waals surface area contributed by atoms with Crippen molar-refractivity contribution in [3.05, 3.63) is 84.1 Å². The Morgan fingerprint density at radius 3 is 1.84 bits per heavy atom. The van der Waals surface area contributed by atoms with Crippen LogP contribution in [0.2, 0.25) is 0 Å². The molecule has 1 saturated heterocycles. The normalized spacial score (nSPS) is 31.5. The van der Waals surface area contributed by atoms with Crippen LogP contribution in [0, 0.1) is 0 Å². The molecule has 2 aliphatic rings. The summed E-state index contributed by atoms with van der Waals surface area (Å²) < 4.78 is 46.3. The van der Waals surface area contributed by atoms with Crippen LogP contribution in [0.3, 0.4) is 0 Å². The molecule has 172 valence electrons. The first-order valence-electron chi connectivity index (χ1n) is 11.1. The molecule has 1 aliphatic carbocycles. The van der Waals surface area contributed by atoms with Crippen LogP contribution in [0.25, 0.3) is 0 Å². The lowest BCUT2D eigenvalue weighted by atomic mass is 9.85. The molecule has 0 radical (unpaired) electrons. The van der Waals surface area contributed by atoms with E-state index in [0.29, 0.717) is 6.61 Å². The van der Waals surface area contributed by atoms with Crippen LogP contribution in [0.1, 0.15) is 31.9 Å². The summed E-state index contributed by atoms with van der Waals surface area (Å²) in [4.78, 5) is 0. The minimum absolute atomic E-state index is 0.269. The predicted octanol–water partition coefficient (Wildman–Crippen LogP) is 4.95. The molecule has 2 aromatic rings. The molecule has 0 spiro atoms. The Kier molecular flexibility index (Phi) is 7.26. The Hall–Kier alpha value is -2.25. The highest BCUT2D eigenvalue weighted by Gasteiger charge is 2.60. The topological polar surface area (TPSA) is 46.2 Å². The lowest BCUT2D eigenvalue weighted by Crippen LogP contribution is -2.63. The van der Waals surface area contributed by atoms with Gasteiger partial charge in [-0.15, -0.1) is 0 Å². The Morgan fingerprint density at radius 1 is 0.812 bits per heavy atom. The minimum Gasteiger partial charge on any atom is -0.492 e. The van der Waals surface area contributed by atoms with E-state index < -0.39 is 42.5 Å². The molecule has 1 heterocycles. The fourth-order valence-electron chi connectivity index (χ4n) is 4.29. The van der Waals surface area contributed by atoms with Gasteiger partial charge in [-0.1, -0.05) is 66.7 Å². The zero-order valence-electron chi connectivity index (χ0n) is 18.7. The van der Waals surface area contributed by atoms with Crippen molar-refractivity contribution in [1.29, 1.82) is 0 Å². The van der Waals surface area contributed by atoms with Gasteiger partial charge in [0.05, 0.1) is 19.5 Å². The van der Waals surface area contributed by atoms with E-state index in [1.165, 1.54) is 6.26 Å². The molecule has 1 aliphatic heterocycles. The Labute approximate surface area is 189 Å². The number of rotatable bonds is 8. The number of ether oxygens (including phenoxy) is 5. The molecule has 4 rings (SSSR count). The summed E-state index contributed by atoms with van der Waals surface area (Å²) in [5.74, 6) is -0.882. The number of alkyl halides is 1. The highest BCUT2D eigenvalue weighted by Crippen LogP contribution is 2.42. The summed E-state index contributed by atoms with van der Waals surface area (Å²) in [5, 5.41) is 0. The fourth-order valence-corrected chi connectivity index (χ4v) is 4.29. The van der Waals surface area contributed by atoms with Crippen LogP contribution in [0.15, 0.2) is 73.0 Å². The Balaban J connectivity index is 1.57. The van der Waals surface area contributed by atoms with Gasteiger partial charge in [-0.25, -0.2) is 4.39 Å². The molecule has 6 atom stereocenters. The minimum atomic E-state index is -1.46. The third kappa shape index (κ3) is 5.21. The predicted molar refractivity (Wildman–Crippen MR) is 118 cm³/mol. The van der Waals surface area contributed by atoms with Crippen molar-refractivity contribution in [2.75, 3.05) is 0 Å². The molecule has 6 heteroatoms. The van der Waals surface area contributed by atoms with Gasteiger partial charge in [0.25, 0.3) is 0 Å². The van der Waals surface area contributed by atoms with Gasteiger partial charge in [-0.3, -0.25) is 0 Å². The number of halogens is 1. The first kappa shape index (κ1) is 22.9. The number of hydrogen-bond donors (Lipinski definition) is 0. The number of fused-ring (bicyclic) bond motifs is 1. The molecule has 0 aromatic heterocycles. The van der Waals surface area contributed by atoms with Gasteiger partial charge < -0.3 is 23.7 Å². The lowest BCUT2D eigenvalue weighted by Gasteiger charge is -2.43. The van der Waals surface area contributed by atoms with E-state index >= 15 is 4.39 Å². The molecule has 0 amide bonds. The molecular formula is C26H31FO5. The lowest BCUT2D eigenvalue weighted by molar-refractivity contribution is -0.208. The molecule has 1 saturated carbocycles. The van der Waals surface area contributed by atoms with E-state index in [4.69, 9.17) is 23.7 Å². The molecule has 0 unspecified atom stereocenters. The largest absolute Gasteiger partial charge is 0.492 e. The summed E-state index contributed by atoms with van der Waals surface area (Å²) >= 11 is 0. The zero-order valence-corrected chi connectivity index (χ0v) is 18.7. The average Bonchev–Trinajstić information content (AvgIpc) is 3.12. The van der Waals surface area contributed by atoms with Crippen LogP contribution in [-0.2, 0) is 36.9 Å². The van der Waals surface area contributed by atoms with Crippen molar-refractivity contribution < 1.29 is 28.1 Å². The SMILES string of the molecule is C/C=C/O[C@@H]1[C@H](F)[C@H](OCc2ccccc2)[C@H]2OC(C)(C)O[C@@H]2[C@H]1OCc1ccccc1.